The molecule has 0 aromatic heterocycles. The Morgan fingerprint density at radius 3 is 2.67 bits per heavy atom. The predicted octanol–water partition coefficient (Wildman–Crippen LogP) is 0.149. The van der Waals surface area contributed by atoms with E-state index in [4.69, 9.17) is 5.11 Å². The van der Waals surface area contributed by atoms with E-state index in [1.165, 1.54) is 0 Å². The Morgan fingerprint density at radius 1 is 1.39 bits per heavy atom. The maximum atomic E-state index is 12.0. The van der Waals surface area contributed by atoms with Crippen molar-refractivity contribution in [2.24, 2.45) is 5.92 Å². The standard InChI is InChI=1S/C12H21N3O3/c1-13-5-3-9(7-13)10-8-15(6-4-11(16)17)12(18)14(10)2/h9-10H,3-8H2,1-2H3,(H,16,17). The number of amides is 2. The van der Waals surface area contributed by atoms with Gasteiger partial charge in [-0.3, -0.25) is 4.79 Å². The first-order valence-electron chi connectivity index (χ1n) is 6.41. The molecule has 0 spiro atoms. The van der Waals surface area contributed by atoms with E-state index in [-0.39, 0.29) is 18.5 Å². The number of likely N-dealkylation sites (tertiary alicyclic amines) is 1. The van der Waals surface area contributed by atoms with Gasteiger partial charge in [-0.05, 0) is 25.9 Å². The minimum atomic E-state index is -0.852. The van der Waals surface area contributed by atoms with Crippen LogP contribution in [-0.2, 0) is 4.79 Å². The molecule has 2 saturated heterocycles. The molecular weight excluding hydrogens is 234 g/mol. The number of carbonyl (C=O) groups is 2. The normalized spacial score (nSPS) is 29.3. The molecule has 2 fully saturated rings. The second-order valence-electron chi connectivity index (χ2n) is 5.36. The summed E-state index contributed by atoms with van der Waals surface area (Å²) in [5.41, 5.74) is 0. The fourth-order valence-electron chi connectivity index (χ4n) is 2.96. The molecule has 0 aromatic carbocycles. The molecule has 0 saturated carbocycles. The molecule has 18 heavy (non-hydrogen) atoms. The molecular formula is C12H21N3O3. The Hall–Kier alpha value is -1.30. The van der Waals surface area contributed by atoms with Gasteiger partial charge in [-0.1, -0.05) is 0 Å². The molecule has 2 atom stereocenters. The van der Waals surface area contributed by atoms with Crippen molar-refractivity contribution in [1.29, 1.82) is 0 Å². The maximum absolute atomic E-state index is 12.0. The van der Waals surface area contributed by atoms with E-state index in [1.807, 2.05) is 7.05 Å². The van der Waals surface area contributed by atoms with Gasteiger partial charge in [0.15, 0.2) is 0 Å². The average molecular weight is 255 g/mol. The van der Waals surface area contributed by atoms with Gasteiger partial charge in [-0.2, -0.15) is 0 Å². The topological polar surface area (TPSA) is 64.1 Å². The van der Waals surface area contributed by atoms with Gasteiger partial charge in [-0.15, -0.1) is 0 Å². The molecule has 2 amide bonds. The molecule has 2 unspecified atom stereocenters. The molecule has 0 radical (unpaired) electrons. The predicted molar refractivity (Wildman–Crippen MR) is 66.4 cm³/mol. The van der Waals surface area contributed by atoms with Gasteiger partial charge >= 0.3 is 12.0 Å². The minimum Gasteiger partial charge on any atom is -0.481 e. The number of hydrogen-bond donors (Lipinski definition) is 1. The molecule has 2 heterocycles. The van der Waals surface area contributed by atoms with Crippen LogP contribution in [0.2, 0.25) is 0 Å². The number of likely N-dealkylation sites (N-methyl/N-ethyl adjacent to an activating group) is 1. The van der Waals surface area contributed by atoms with Crippen molar-refractivity contribution in [3.63, 3.8) is 0 Å². The van der Waals surface area contributed by atoms with Gasteiger partial charge in [0.1, 0.15) is 0 Å². The zero-order valence-electron chi connectivity index (χ0n) is 11.0. The lowest BCUT2D eigenvalue weighted by Gasteiger charge is -2.23. The summed E-state index contributed by atoms with van der Waals surface area (Å²) in [5, 5.41) is 8.68. The second kappa shape index (κ2) is 5.14. The van der Waals surface area contributed by atoms with E-state index in [0.717, 1.165) is 19.5 Å². The minimum absolute atomic E-state index is 0.0247. The average Bonchev–Trinajstić information content (AvgIpc) is 2.84. The molecule has 6 heteroatoms. The molecule has 2 aliphatic heterocycles. The summed E-state index contributed by atoms with van der Waals surface area (Å²) < 4.78 is 0. The summed E-state index contributed by atoms with van der Waals surface area (Å²) >= 11 is 0. The number of aliphatic carboxylic acids is 1. The van der Waals surface area contributed by atoms with Crippen molar-refractivity contribution < 1.29 is 14.7 Å². The lowest BCUT2D eigenvalue weighted by molar-refractivity contribution is -0.137. The maximum Gasteiger partial charge on any atom is 0.320 e. The number of carboxylic acid groups (broad SMARTS) is 1. The second-order valence-corrected chi connectivity index (χ2v) is 5.36. The Kier molecular flexibility index (Phi) is 3.75. The van der Waals surface area contributed by atoms with E-state index in [9.17, 15) is 9.59 Å². The van der Waals surface area contributed by atoms with Crippen molar-refractivity contribution in [2.45, 2.75) is 18.9 Å². The summed E-state index contributed by atoms with van der Waals surface area (Å²) in [7, 11) is 3.92. The van der Waals surface area contributed by atoms with E-state index in [2.05, 4.69) is 11.9 Å². The van der Waals surface area contributed by atoms with Crippen LogP contribution in [0.3, 0.4) is 0 Å². The molecule has 0 aliphatic carbocycles. The van der Waals surface area contributed by atoms with Gasteiger partial charge < -0.3 is 19.8 Å². The molecule has 1 N–H and O–H groups in total. The number of hydrogen-bond acceptors (Lipinski definition) is 3. The zero-order chi connectivity index (χ0) is 13.3. The zero-order valence-corrected chi connectivity index (χ0v) is 11.0. The van der Waals surface area contributed by atoms with E-state index in [0.29, 0.717) is 19.0 Å². The van der Waals surface area contributed by atoms with Crippen molar-refractivity contribution in [1.82, 2.24) is 14.7 Å². The van der Waals surface area contributed by atoms with Gasteiger partial charge in [0, 0.05) is 26.7 Å². The quantitative estimate of drug-likeness (QED) is 0.776. The monoisotopic (exact) mass is 255 g/mol. The Labute approximate surface area is 107 Å². The fourth-order valence-corrected chi connectivity index (χ4v) is 2.96. The van der Waals surface area contributed by atoms with Crippen LogP contribution in [0.5, 0.6) is 0 Å². The summed E-state index contributed by atoms with van der Waals surface area (Å²) in [6, 6.07) is 0.201. The van der Waals surface area contributed by atoms with Crippen LogP contribution in [0.25, 0.3) is 0 Å². The highest BCUT2D eigenvalue weighted by Gasteiger charge is 2.40. The Balaban J connectivity index is 1.94. The summed E-state index contributed by atoms with van der Waals surface area (Å²) in [6.45, 7) is 3.09. The van der Waals surface area contributed by atoms with Crippen LogP contribution in [0, 0.1) is 5.92 Å². The first-order chi connectivity index (χ1) is 8.49. The number of carbonyl (C=O) groups excluding carboxylic acids is 1. The van der Waals surface area contributed by atoms with Crippen molar-refractivity contribution >= 4 is 12.0 Å². The van der Waals surface area contributed by atoms with Crippen LogP contribution in [0.4, 0.5) is 4.79 Å². The molecule has 2 rings (SSSR count). The van der Waals surface area contributed by atoms with E-state index < -0.39 is 5.97 Å². The van der Waals surface area contributed by atoms with Crippen molar-refractivity contribution in [3.8, 4) is 0 Å². The molecule has 102 valence electrons. The van der Waals surface area contributed by atoms with Gasteiger partial charge in [-0.25, -0.2) is 4.79 Å². The third-order valence-corrected chi connectivity index (χ3v) is 4.04. The van der Waals surface area contributed by atoms with Crippen LogP contribution >= 0.6 is 0 Å². The van der Waals surface area contributed by atoms with Crippen LogP contribution in [-0.4, -0.2) is 78.1 Å². The van der Waals surface area contributed by atoms with Gasteiger partial charge in [0.25, 0.3) is 0 Å². The Bertz CT molecular complexity index is 347. The summed E-state index contributed by atoms with van der Waals surface area (Å²) in [5.74, 6) is -0.340. The van der Waals surface area contributed by atoms with Crippen molar-refractivity contribution in [3.05, 3.63) is 0 Å². The molecule has 0 aromatic rings. The summed E-state index contributed by atoms with van der Waals surface area (Å²) in [4.78, 5) is 28.3. The Morgan fingerprint density at radius 2 is 2.11 bits per heavy atom. The van der Waals surface area contributed by atoms with Crippen LogP contribution < -0.4 is 0 Å². The number of urea groups is 1. The SMILES string of the molecule is CN1CCC(C2CN(CCC(=O)O)C(=O)N2C)C1. The first-order valence-corrected chi connectivity index (χ1v) is 6.41. The lowest BCUT2D eigenvalue weighted by Crippen LogP contribution is -2.37. The molecule has 6 nitrogen and oxygen atoms in total. The number of rotatable bonds is 4. The first kappa shape index (κ1) is 13.1. The highest BCUT2D eigenvalue weighted by atomic mass is 16.4. The van der Waals surface area contributed by atoms with Crippen LogP contribution in [0.15, 0.2) is 0 Å². The highest BCUT2D eigenvalue weighted by molar-refractivity contribution is 5.77. The lowest BCUT2D eigenvalue weighted by atomic mass is 9.99. The fraction of sp³-hybridized carbons (Fsp3) is 0.833. The van der Waals surface area contributed by atoms with Crippen molar-refractivity contribution in [2.75, 3.05) is 40.3 Å². The summed E-state index contributed by atoms with van der Waals surface area (Å²) in [6.07, 6.45) is 1.14. The van der Waals surface area contributed by atoms with Gasteiger partial charge in [0.05, 0.1) is 12.5 Å². The number of carboxylic acids is 1. The largest absolute Gasteiger partial charge is 0.481 e. The van der Waals surface area contributed by atoms with Crippen LogP contribution in [0.1, 0.15) is 12.8 Å². The van der Waals surface area contributed by atoms with E-state index >= 15 is 0 Å². The molecule has 2 aliphatic rings. The molecule has 0 bridgehead atoms. The highest BCUT2D eigenvalue weighted by Crippen LogP contribution is 2.27. The third-order valence-electron chi connectivity index (χ3n) is 4.04. The van der Waals surface area contributed by atoms with E-state index in [1.54, 1.807) is 9.80 Å². The third kappa shape index (κ3) is 2.58. The smallest absolute Gasteiger partial charge is 0.320 e. The van der Waals surface area contributed by atoms with Gasteiger partial charge in [0.2, 0.25) is 0 Å². The number of nitrogens with zero attached hydrogens (tertiary/aromatic N) is 3.